The number of benzene rings is 1. The Morgan fingerprint density at radius 1 is 1.21 bits per heavy atom. The van der Waals surface area contributed by atoms with E-state index in [2.05, 4.69) is 10.3 Å². The van der Waals surface area contributed by atoms with Gasteiger partial charge in [-0.3, -0.25) is 4.79 Å². The van der Waals surface area contributed by atoms with Gasteiger partial charge < -0.3 is 5.32 Å². The molecule has 1 heterocycles. The lowest BCUT2D eigenvalue weighted by molar-refractivity contribution is -0.113. The van der Waals surface area contributed by atoms with E-state index in [-0.39, 0.29) is 5.91 Å². The molecule has 0 aliphatic heterocycles. The van der Waals surface area contributed by atoms with E-state index in [9.17, 15) is 4.79 Å². The number of hydrogen-bond acceptors (Lipinski definition) is 3. The van der Waals surface area contributed by atoms with E-state index in [1.807, 2.05) is 56.4 Å². The summed E-state index contributed by atoms with van der Waals surface area (Å²) in [5, 5.41) is 3.77. The Kier molecular flexibility index (Phi) is 4.58. The van der Waals surface area contributed by atoms with Crippen LogP contribution in [0.15, 0.2) is 47.6 Å². The highest BCUT2D eigenvalue weighted by Gasteiger charge is 2.05. The fourth-order valence-electron chi connectivity index (χ4n) is 1.58. The molecule has 19 heavy (non-hydrogen) atoms. The van der Waals surface area contributed by atoms with Gasteiger partial charge in [-0.25, -0.2) is 4.98 Å². The maximum atomic E-state index is 11.8. The monoisotopic (exact) mass is 272 g/mol. The molecule has 0 aliphatic carbocycles. The second-order valence-electron chi connectivity index (χ2n) is 4.33. The molecule has 0 aliphatic rings. The first-order valence-electron chi connectivity index (χ1n) is 6.06. The van der Waals surface area contributed by atoms with Gasteiger partial charge in [-0.1, -0.05) is 36.0 Å². The van der Waals surface area contributed by atoms with Crippen molar-refractivity contribution < 1.29 is 4.79 Å². The number of thioether (sulfide) groups is 1. The van der Waals surface area contributed by atoms with Crippen LogP contribution < -0.4 is 5.32 Å². The molecule has 0 saturated heterocycles. The summed E-state index contributed by atoms with van der Waals surface area (Å²) in [6.45, 7) is 3.97. The highest BCUT2D eigenvalue weighted by molar-refractivity contribution is 7.99. The van der Waals surface area contributed by atoms with Crippen LogP contribution in [0.3, 0.4) is 0 Å². The number of nitrogens with one attached hydrogen (secondary N) is 1. The topological polar surface area (TPSA) is 42.0 Å². The maximum Gasteiger partial charge on any atom is 0.234 e. The van der Waals surface area contributed by atoms with E-state index in [1.54, 1.807) is 0 Å². The second-order valence-corrected chi connectivity index (χ2v) is 5.32. The quantitative estimate of drug-likeness (QED) is 0.867. The highest BCUT2D eigenvalue weighted by Crippen LogP contribution is 2.17. The van der Waals surface area contributed by atoms with Crippen molar-refractivity contribution in [2.75, 3.05) is 11.1 Å². The van der Waals surface area contributed by atoms with E-state index in [0.29, 0.717) is 5.75 Å². The fourth-order valence-corrected chi connectivity index (χ4v) is 2.22. The molecule has 1 amide bonds. The van der Waals surface area contributed by atoms with Crippen LogP contribution in [-0.4, -0.2) is 16.6 Å². The molecule has 0 fully saturated rings. The summed E-state index contributed by atoms with van der Waals surface area (Å²) in [6.07, 6.45) is 1.81. The number of amides is 1. The van der Waals surface area contributed by atoms with Crippen molar-refractivity contribution in [2.24, 2.45) is 0 Å². The number of anilines is 1. The lowest BCUT2D eigenvalue weighted by Crippen LogP contribution is -2.14. The molecule has 4 heteroatoms. The molecule has 2 rings (SSSR count). The smallest absolute Gasteiger partial charge is 0.234 e. The Morgan fingerprint density at radius 2 is 2.00 bits per heavy atom. The third kappa shape index (κ3) is 4.10. The summed E-state index contributed by atoms with van der Waals surface area (Å²) in [5.74, 6) is 0.353. The Hall–Kier alpha value is -1.81. The molecular weight excluding hydrogens is 256 g/mol. The van der Waals surface area contributed by atoms with Gasteiger partial charge in [-0.05, 0) is 37.1 Å². The summed E-state index contributed by atoms with van der Waals surface area (Å²) in [7, 11) is 0. The lowest BCUT2D eigenvalue weighted by Gasteiger charge is -2.07. The number of pyridine rings is 1. The molecule has 1 aromatic heterocycles. The van der Waals surface area contributed by atoms with Crippen LogP contribution in [0, 0.1) is 13.8 Å². The summed E-state index contributed by atoms with van der Waals surface area (Å²) >= 11 is 1.44. The van der Waals surface area contributed by atoms with Crippen LogP contribution in [0.25, 0.3) is 0 Å². The standard InChI is InChI=1S/C15H16N2OS/c1-11-7-8-15(16-9-11)19-10-14(18)17-13-6-4-3-5-12(13)2/h3-9H,10H2,1-2H3,(H,17,18). The predicted molar refractivity (Wildman–Crippen MR) is 79.5 cm³/mol. The molecule has 0 bridgehead atoms. The number of aromatic nitrogens is 1. The van der Waals surface area contributed by atoms with Crippen molar-refractivity contribution in [3.05, 3.63) is 53.7 Å². The van der Waals surface area contributed by atoms with Gasteiger partial charge in [0.15, 0.2) is 0 Å². The van der Waals surface area contributed by atoms with E-state index in [1.165, 1.54) is 11.8 Å². The molecule has 2 aromatic rings. The van der Waals surface area contributed by atoms with Gasteiger partial charge in [-0.2, -0.15) is 0 Å². The van der Waals surface area contributed by atoms with Crippen molar-refractivity contribution in [3.63, 3.8) is 0 Å². The molecule has 98 valence electrons. The van der Waals surface area contributed by atoms with E-state index < -0.39 is 0 Å². The van der Waals surface area contributed by atoms with Gasteiger partial charge in [0.1, 0.15) is 0 Å². The SMILES string of the molecule is Cc1ccc(SCC(=O)Nc2ccccc2C)nc1. The van der Waals surface area contributed by atoms with E-state index in [0.717, 1.165) is 21.8 Å². The first-order chi connectivity index (χ1) is 9.15. The third-order valence-electron chi connectivity index (χ3n) is 2.65. The molecular formula is C15H16N2OS. The third-order valence-corrected chi connectivity index (χ3v) is 3.60. The zero-order valence-electron chi connectivity index (χ0n) is 11.0. The summed E-state index contributed by atoms with van der Waals surface area (Å²) < 4.78 is 0. The summed E-state index contributed by atoms with van der Waals surface area (Å²) in [5.41, 5.74) is 3.05. The molecule has 3 nitrogen and oxygen atoms in total. The van der Waals surface area contributed by atoms with Gasteiger partial charge in [0.2, 0.25) is 5.91 Å². The average molecular weight is 272 g/mol. The van der Waals surface area contributed by atoms with Gasteiger partial charge >= 0.3 is 0 Å². The predicted octanol–water partition coefficient (Wildman–Crippen LogP) is 3.43. The second kappa shape index (κ2) is 6.38. The van der Waals surface area contributed by atoms with Gasteiger partial charge in [0, 0.05) is 11.9 Å². The number of nitrogens with zero attached hydrogens (tertiary/aromatic N) is 1. The first kappa shape index (κ1) is 13.6. The van der Waals surface area contributed by atoms with Crippen LogP contribution in [0.5, 0.6) is 0 Å². The summed E-state index contributed by atoms with van der Waals surface area (Å²) in [6, 6.07) is 11.7. The number of rotatable bonds is 4. The van der Waals surface area contributed by atoms with Crippen molar-refractivity contribution in [2.45, 2.75) is 18.9 Å². The van der Waals surface area contributed by atoms with Crippen molar-refractivity contribution in [1.29, 1.82) is 0 Å². The van der Waals surface area contributed by atoms with Crippen LogP contribution in [0.2, 0.25) is 0 Å². The van der Waals surface area contributed by atoms with Gasteiger partial charge in [0.05, 0.1) is 10.8 Å². The normalized spacial score (nSPS) is 10.2. The Bertz CT molecular complexity index is 567. The Morgan fingerprint density at radius 3 is 2.68 bits per heavy atom. The molecule has 0 atom stereocenters. The zero-order valence-corrected chi connectivity index (χ0v) is 11.8. The minimum absolute atomic E-state index is 0.0123. The average Bonchev–Trinajstić information content (AvgIpc) is 2.41. The van der Waals surface area contributed by atoms with Crippen LogP contribution >= 0.6 is 11.8 Å². The largest absolute Gasteiger partial charge is 0.325 e. The Balaban J connectivity index is 1.88. The summed E-state index contributed by atoms with van der Waals surface area (Å²) in [4.78, 5) is 16.1. The van der Waals surface area contributed by atoms with Crippen molar-refractivity contribution in [1.82, 2.24) is 4.98 Å². The first-order valence-corrected chi connectivity index (χ1v) is 7.04. The number of carbonyl (C=O) groups is 1. The van der Waals surface area contributed by atoms with E-state index >= 15 is 0 Å². The maximum absolute atomic E-state index is 11.8. The van der Waals surface area contributed by atoms with Gasteiger partial charge in [0.25, 0.3) is 0 Å². The lowest BCUT2D eigenvalue weighted by atomic mass is 10.2. The molecule has 0 saturated carbocycles. The molecule has 1 N–H and O–H groups in total. The van der Waals surface area contributed by atoms with Crippen molar-refractivity contribution in [3.8, 4) is 0 Å². The minimum atomic E-state index is -0.0123. The number of carbonyl (C=O) groups excluding carboxylic acids is 1. The highest BCUT2D eigenvalue weighted by atomic mass is 32.2. The Labute approximate surface area is 117 Å². The molecule has 1 aromatic carbocycles. The van der Waals surface area contributed by atoms with Crippen LogP contribution in [0.4, 0.5) is 5.69 Å². The fraction of sp³-hybridized carbons (Fsp3) is 0.200. The van der Waals surface area contributed by atoms with E-state index in [4.69, 9.17) is 0 Å². The van der Waals surface area contributed by atoms with Crippen molar-refractivity contribution >= 4 is 23.4 Å². The zero-order chi connectivity index (χ0) is 13.7. The number of hydrogen-bond donors (Lipinski definition) is 1. The number of para-hydroxylation sites is 1. The molecule has 0 unspecified atom stereocenters. The molecule has 0 radical (unpaired) electrons. The number of aryl methyl sites for hydroxylation is 2. The van der Waals surface area contributed by atoms with Gasteiger partial charge in [-0.15, -0.1) is 0 Å². The minimum Gasteiger partial charge on any atom is -0.325 e. The molecule has 0 spiro atoms. The van der Waals surface area contributed by atoms with Crippen LogP contribution in [-0.2, 0) is 4.79 Å². The van der Waals surface area contributed by atoms with Crippen LogP contribution in [0.1, 0.15) is 11.1 Å².